The highest BCUT2D eigenvalue weighted by molar-refractivity contribution is 7.91. The van der Waals surface area contributed by atoms with Crippen molar-refractivity contribution in [1.29, 1.82) is 0 Å². The first-order chi connectivity index (χ1) is 15.5. The Hall–Kier alpha value is -2.56. The number of nitrogens with zero attached hydrogens (tertiary/aromatic N) is 2. The molecule has 2 amide bonds. The van der Waals surface area contributed by atoms with Crippen molar-refractivity contribution in [3.8, 4) is 5.75 Å². The van der Waals surface area contributed by atoms with E-state index in [-0.39, 0.29) is 22.5 Å². The molecule has 3 rings (SSSR count). The molecule has 2 aromatic rings. The van der Waals surface area contributed by atoms with Crippen LogP contribution < -0.4 is 15.2 Å². The number of rotatable bonds is 8. The molecule has 0 saturated heterocycles. The van der Waals surface area contributed by atoms with Gasteiger partial charge in [-0.3, -0.25) is 0 Å². The van der Waals surface area contributed by atoms with Crippen molar-refractivity contribution >= 4 is 21.6 Å². The Bertz CT molecular complexity index is 1100. The van der Waals surface area contributed by atoms with E-state index >= 15 is 0 Å². The van der Waals surface area contributed by atoms with Gasteiger partial charge in [-0.2, -0.15) is 8.78 Å². The van der Waals surface area contributed by atoms with Crippen molar-refractivity contribution in [3.05, 3.63) is 53.1 Å². The average molecular weight is 481 g/mol. The minimum absolute atomic E-state index is 0.0472. The monoisotopic (exact) mass is 480 g/mol. The number of nitrogens with one attached hydrogen (secondary N) is 1. The number of benzene rings is 2. The van der Waals surface area contributed by atoms with Crippen molar-refractivity contribution in [2.24, 2.45) is 9.50 Å². The summed E-state index contributed by atoms with van der Waals surface area (Å²) < 4.78 is 46.9. The number of nitrogens with two attached hydrogens (primary N) is 1. The van der Waals surface area contributed by atoms with Crippen LogP contribution in [0.5, 0.6) is 5.75 Å². The van der Waals surface area contributed by atoms with Gasteiger partial charge in [0.05, 0.1) is 4.90 Å². The number of ether oxygens (including phenoxy) is 1. The zero-order chi connectivity index (χ0) is 24.3. The molecule has 1 saturated carbocycles. The number of urea groups is 1. The van der Waals surface area contributed by atoms with Crippen molar-refractivity contribution in [1.82, 2.24) is 4.90 Å². The second-order valence-electron chi connectivity index (χ2n) is 8.76. The van der Waals surface area contributed by atoms with Gasteiger partial charge >= 0.3 is 12.6 Å². The van der Waals surface area contributed by atoms with Gasteiger partial charge in [-0.25, -0.2) is 14.1 Å². The number of alkyl halides is 2. The smallest absolute Gasteiger partial charge is 0.387 e. The molecule has 1 fully saturated rings. The Kier molecular flexibility index (Phi) is 7.71. The first-order valence-electron chi connectivity index (χ1n) is 10.7. The zero-order valence-corrected chi connectivity index (χ0v) is 20.0. The molecule has 0 radical (unpaired) electrons. The van der Waals surface area contributed by atoms with Crippen LogP contribution in [-0.2, 0) is 16.5 Å². The third-order valence-corrected chi connectivity index (χ3v) is 6.63. The maximum Gasteiger partial charge on any atom is 0.387 e. The van der Waals surface area contributed by atoms with Crippen LogP contribution in [0.2, 0.25) is 0 Å². The van der Waals surface area contributed by atoms with E-state index in [4.69, 9.17) is 5.14 Å². The number of halogens is 2. The molecule has 0 aliphatic heterocycles. The Morgan fingerprint density at radius 2 is 1.88 bits per heavy atom. The molecule has 0 aromatic heterocycles. The molecule has 180 valence electrons. The van der Waals surface area contributed by atoms with E-state index in [0.29, 0.717) is 23.4 Å². The Morgan fingerprint density at radius 1 is 1.24 bits per heavy atom. The summed E-state index contributed by atoms with van der Waals surface area (Å²) in [5.41, 5.74) is 2.83. The largest absolute Gasteiger partial charge is 0.435 e. The van der Waals surface area contributed by atoms with Crippen LogP contribution in [0.1, 0.15) is 55.2 Å². The van der Waals surface area contributed by atoms with Crippen LogP contribution >= 0.6 is 0 Å². The van der Waals surface area contributed by atoms with Crippen molar-refractivity contribution in [3.63, 3.8) is 0 Å². The topological polar surface area (TPSA) is 97.0 Å². The summed E-state index contributed by atoms with van der Waals surface area (Å²) in [6.45, 7) is 1.52. The maximum absolute atomic E-state index is 13.0. The molecule has 2 aromatic carbocycles. The van der Waals surface area contributed by atoms with Gasteiger partial charge < -0.3 is 15.0 Å². The van der Waals surface area contributed by atoms with Gasteiger partial charge in [-0.15, -0.1) is 4.36 Å². The van der Waals surface area contributed by atoms with Gasteiger partial charge in [0.2, 0.25) is 0 Å². The number of anilines is 1. The highest BCUT2D eigenvalue weighted by Crippen LogP contribution is 2.47. The summed E-state index contributed by atoms with van der Waals surface area (Å²) in [6, 6.07) is 8.94. The summed E-state index contributed by atoms with van der Waals surface area (Å²) in [5.74, 6) is 0.0852. The first-order valence-corrected chi connectivity index (χ1v) is 12.3. The molecular weight excluding hydrogens is 450 g/mol. The van der Waals surface area contributed by atoms with Gasteiger partial charge in [0, 0.05) is 12.2 Å². The second-order valence-corrected chi connectivity index (χ2v) is 10.5. The molecule has 1 aliphatic carbocycles. The minimum Gasteiger partial charge on any atom is -0.435 e. The fraction of sp³-hybridized carbons (Fsp3) is 0.435. The van der Waals surface area contributed by atoms with Crippen LogP contribution in [-0.4, -0.2) is 35.8 Å². The normalized spacial score (nSPS) is 15.6. The quantitative estimate of drug-likeness (QED) is 0.537. The van der Waals surface area contributed by atoms with E-state index in [1.54, 1.807) is 24.3 Å². The van der Waals surface area contributed by atoms with Gasteiger partial charge in [0.15, 0.2) is 0 Å². The molecular formula is C23H30F2N4O3S. The molecule has 0 bridgehead atoms. The molecule has 0 heterocycles. The summed E-state index contributed by atoms with van der Waals surface area (Å²) in [5, 5.41) is 8.63. The number of carbonyl (C=O) groups excluding carboxylic acids is 1. The van der Waals surface area contributed by atoms with Gasteiger partial charge in [-0.05, 0) is 79.7 Å². The average Bonchev–Trinajstić information content (AvgIpc) is 3.53. The second kappa shape index (κ2) is 10.1. The van der Waals surface area contributed by atoms with Crippen LogP contribution in [0.15, 0.2) is 45.7 Å². The van der Waals surface area contributed by atoms with Crippen molar-refractivity contribution in [2.75, 3.05) is 19.4 Å². The minimum atomic E-state index is -3.47. The van der Waals surface area contributed by atoms with E-state index < -0.39 is 22.6 Å². The van der Waals surface area contributed by atoms with Gasteiger partial charge in [0.25, 0.3) is 0 Å². The fourth-order valence-electron chi connectivity index (χ4n) is 3.61. The highest BCUT2D eigenvalue weighted by atomic mass is 32.2. The van der Waals surface area contributed by atoms with Crippen LogP contribution in [0.3, 0.4) is 0 Å². The molecule has 3 N–H and O–H groups in total. The van der Waals surface area contributed by atoms with Gasteiger partial charge in [-0.1, -0.05) is 26.0 Å². The number of hydrogen-bond donors (Lipinski definition) is 2. The standard InChI is InChI=1S/C23H30F2N4O3S/c1-14(2)19-11-17(32-22(24)25)12-20(16-7-8-16)21(19)27-23(30)28-33(26,31)18-9-5-15(6-10-18)13-29(3)4/h5-6,9-12,14,16,22H,7-8,13H2,1-4H3,(H3,26,27,28,30,31)/t33-/m1/s1. The summed E-state index contributed by atoms with van der Waals surface area (Å²) in [4.78, 5) is 15.0. The third kappa shape index (κ3) is 6.72. The van der Waals surface area contributed by atoms with E-state index in [1.165, 1.54) is 12.1 Å². The van der Waals surface area contributed by atoms with E-state index in [0.717, 1.165) is 18.4 Å². The molecule has 1 atom stereocenters. The number of carbonyl (C=O) groups is 1. The van der Waals surface area contributed by atoms with Crippen LogP contribution in [0.25, 0.3) is 0 Å². The molecule has 1 aliphatic rings. The lowest BCUT2D eigenvalue weighted by Crippen LogP contribution is -2.19. The highest BCUT2D eigenvalue weighted by Gasteiger charge is 2.30. The molecule has 10 heteroatoms. The molecule has 33 heavy (non-hydrogen) atoms. The number of hydrogen-bond acceptors (Lipinski definition) is 4. The van der Waals surface area contributed by atoms with E-state index in [1.807, 2.05) is 32.8 Å². The first kappa shape index (κ1) is 25.1. The van der Waals surface area contributed by atoms with Crippen LogP contribution in [0.4, 0.5) is 19.3 Å². The predicted octanol–water partition coefficient (Wildman–Crippen LogP) is 5.28. The predicted molar refractivity (Wildman–Crippen MR) is 125 cm³/mol. The zero-order valence-electron chi connectivity index (χ0n) is 19.2. The lowest BCUT2D eigenvalue weighted by Gasteiger charge is -2.19. The SMILES string of the molecule is CC(C)c1cc(OC(F)F)cc(C2CC2)c1NC(=O)N=[S@@](N)(=O)c1ccc(CN(C)C)cc1. The Balaban J connectivity index is 1.91. The maximum atomic E-state index is 13.0. The van der Waals surface area contributed by atoms with Gasteiger partial charge in [0.1, 0.15) is 15.7 Å². The summed E-state index contributed by atoms with van der Waals surface area (Å²) in [6.07, 6.45) is 1.76. The Labute approximate surface area is 193 Å². The molecule has 0 spiro atoms. The lowest BCUT2D eigenvalue weighted by atomic mass is 9.95. The Morgan fingerprint density at radius 3 is 2.39 bits per heavy atom. The summed E-state index contributed by atoms with van der Waals surface area (Å²) >= 11 is 0. The molecule has 0 unspecified atom stereocenters. The summed E-state index contributed by atoms with van der Waals surface area (Å²) in [7, 11) is 0.401. The lowest BCUT2D eigenvalue weighted by molar-refractivity contribution is -0.0499. The fourth-order valence-corrected chi connectivity index (χ4v) is 4.53. The van der Waals surface area contributed by atoms with Crippen LogP contribution in [0, 0.1) is 0 Å². The van der Waals surface area contributed by atoms with Crippen molar-refractivity contribution in [2.45, 2.75) is 56.6 Å². The number of amides is 2. The van der Waals surface area contributed by atoms with E-state index in [2.05, 4.69) is 14.4 Å². The van der Waals surface area contributed by atoms with Crippen molar-refractivity contribution < 1.29 is 22.5 Å². The third-order valence-electron chi connectivity index (χ3n) is 5.25. The van der Waals surface area contributed by atoms with E-state index in [9.17, 15) is 17.8 Å². The molecule has 7 nitrogen and oxygen atoms in total.